The van der Waals surface area contributed by atoms with Crippen LogP contribution in [0, 0.1) is 0 Å². The molecular formula is C14H17ClN4O2S. The van der Waals surface area contributed by atoms with Gasteiger partial charge < -0.3 is 9.88 Å². The largest absolute Gasteiger partial charge is 0.337 e. The van der Waals surface area contributed by atoms with Crippen molar-refractivity contribution in [3.05, 3.63) is 47.5 Å². The summed E-state index contributed by atoms with van der Waals surface area (Å²) in [5.74, 6) is 0.711. The van der Waals surface area contributed by atoms with Gasteiger partial charge in [0.25, 0.3) is 0 Å². The van der Waals surface area contributed by atoms with Crippen molar-refractivity contribution in [1.82, 2.24) is 19.2 Å². The minimum atomic E-state index is -3.68. The van der Waals surface area contributed by atoms with Crippen LogP contribution in [0.1, 0.15) is 11.9 Å². The van der Waals surface area contributed by atoms with E-state index in [0.29, 0.717) is 25.5 Å². The lowest BCUT2D eigenvalue weighted by atomic mass is 10.2. The van der Waals surface area contributed by atoms with Crippen LogP contribution in [-0.4, -0.2) is 41.9 Å². The third kappa shape index (κ3) is 2.65. The summed E-state index contributed by atoms with van der Waals surface area (Å²) in [6.07, 6.45) is 3.48. The maximum absolute atomic E-state index is 13.0. The fourth-order valence-electron chi connectivity index (χ4n) is 2.67. The zero-order valence-corrected chi connectivity index (χ0v) is 13.7. The molecule has 1 saturated heterocycles. The van der Waals surface area contributed by atoms with Gasteiger partial charge in [0.2, 0.25) is 10.0 Å². The van der Waals surface area contributed by atoms with Crippen molar-refractivity contribution in [3.8, 4) is 0 Å². The summed E-state index contributed by atoms with van der Waals surface area (Å²) in [7, 11) is -1.82. The maximum atomic E-state index is 13.0. The molecule has 1 fully saturated rings. The minimum Gasteiger partial charge on any atom is -0.337 e. The molecule has 1 aromatic heterocycles. The van der Waals surface area contributed by atoms with Crippen molar-refractivity contribution in [3.63, 3.8) is 0 Å². The van der Waals surface area contributed by atoms with E-state index >= 15 is 0 Å². The zero-order chi connectivity index (χ0) is 15.7. The molecule has 8 heteroatoms. The lowest BCUT2D eigenvalue weighted by Crippen LogP contribution is -2.49. The van der Waals surface area contributed by atoms with Gasteiger partial charge in [-0.25, -0.2) is 13.4 Å². The average Bonchev–Trinajstić information content (AvgIpc) is 2.93. The van der Waals surface area contributed by atoms with Crippen LogP contribution in [0.3, 0.4) is 0 Å². The summed E-state index contributed by atoms with van der Waals surface area (Å²) in [5.41, 5.74) is 0. The summed E-state index contributed by atoms with van der Waals surface area (Å²) in [6, 6.07) is 6.17. The first kappa shape index (κ1) is 15.5. The highest BCUT2D eigenvalue weighted by atomic mass is 35.5. The molecule has 22 heavy (non-hydrogen) atoms. The lowest BCUT2D eigenvalue weighted by Gasteiger charge is -2.34. The van der Waals surface area contributed by atoms with Gasteiger partial charge in [-0.3, -0.25) is 0 Å². The molecule has 0 amide bonds. The van der Waals surface area contributed by atoms with Crippen LogP contribution in [0.2, 0.25) is 5.02 Å². The highest BCUT2D eigenvalue weighted by Crippen LogP contribution is 2.31. The Bertz CT molecular complexity index is 775. The molecule has 1 aliphatic rings. The van der Waals surface area contributed by atoms with Crippen LogP contribution in [0.4, 0.5) is 0 Å². The standard InChI is InChI=1S/C14H17ClN4O2S/c1-18-8-7-17-14(18)12-10-16-6-9-19(12)22(20,21)13-5-3-2-4-11(13)15/h2-5,7-8,12,16H,6,9-10H2,1H3. The minimum absolute atomic E-state index is 0.137. The van der Waals surface area contributed by atoms with Gasteiger partial charge in [-0.2, -0.15) is 4.31 Å². The summed E-state index contributed by atoms with van der Waals surface area (Å²) >= 11 is 6.09. The van der Waals surface area contributed by atoms with Crippen molar-refractivity contribution in [2.45, 2.75) is 10.9 Å². The quantitative estimate of drug-likeness (QED) is 0.917. The van der Waals surface area contributed by atoms with Crippen molar-refractivity contribution in [1.29, 1.82) is 0 Å². The third-order valence-corrected chi connectivity index (χ3v) is 6.18. The van der Waals surface area contributed by atoms with E-state index < -0.39 is 10.0 Å². The Labute approximate surface area is 134 Å². The van der Waals surface area contributed by atoms with Crippen LogP contribution >= 0.6 is 11.6 Å². The van der Waals surface area contributed by atoms with Gasteiger partial charge in [0, 0.05) is 39.1 Å². The molecule has 1 unspecified atom stereocenters. The molecule has 2 aromatic rings. The fraction of sp³-hybridized carbons (Fsp3) is 0.357. The Hall–Kier alpha value is -1.41. The molecule has 3 rings (SSSR count). The van der Waals surface area contributed by atoms with Crippen LogP contribution in [0.15, 0.2) is 41.6 Å². The summed E-state index contributed by atoms with van der Waals surface area (Å²) in [6.45, 7) is 1.50. The van der Waals surface area contributed by atoms with E-state index in [9.17, 15) is 8.42 Å². The highest BCUT2D eigenvalue weighted by molar-refractivity contribution is 7.89. The molecule has 6 nitrogen and oxygen atoms in total. The van der Waals surface area contributed by atoms with E-state index in [0.717, 1.165) is 0 Å². The molecule has 0 spiro atoms. The van der Waals surface area contributed by atoms with Crippen LogP contribution in [0.25, 0.3) is 0 Å². The second-order valence-corrected chi connectivity index (χ2v) is 7.43. The molecule has 1 N–H and O–H groups in total. The van der Waals surface area contributed by atoms with E-state index in [1.54, 1.807) is 24.4 Å². The van der Waals surface area contributed by atoms with E-state index in [1.165, 1.54) is 10.4 Å². The summed E-state index contributed by atoms with van der Waals surface area (Å²) in [4.78, 5) is 4.44. The second kappa shape index (κ2) is 6.00. The molecule has 0 aliphatic carbocycles. The normalized spacial score (nSPS) is 20.2. The topological polar surface area (TPSA) is 67.2 Å². The number of nitrogens with zero attached hydrogens (tertiary/aromatic N) is 3. The van der Waals surface area contributed by atoms with Crippen LogP contribution < -0.4 is 5.32 Å². The molecule has 0 radical (unpaired) electrons. The van der Waals surface area contributed by atoms with E-state index in [2.05, 4.69) is 10.3 Å². The Morgan fingerprint density at radius 2 is 2.14 bits per heavy atom. The van der Waals surface area contributed by atoms with Crippen molar-refractivity contribution >= 4 is 21.6 Å². The first-order valence-electron chi connectivity index (χ1n) is 6.96. The molecule has 1 aliphatic heterocycles. The molecule has 1 aromatic carbocycles. The number of hydrogen-bond acceptors (Lipinski definition) is 4. The first-order valence-corrected chi connectivity index (χ1v) is 8.78. The maximum Gasteiger partial charge on any atom is 0.245 e. The van der Waals surface area contributed by atoms with E-state index in [1.807, 2.05) is 17.8 Å². The lowest BCUT2D eigenvalue weighted by molar-refractivity contribution is 0.258. The van der Waals surface area contributed by atoms with Gasteiger partial charge in [0.15, 0.2) is 0 Å². The molecule has 0 bridgehead atoms. The molecular weight excluding hydrogens is 324 g/mol. The molecule has 0 saturated carbocycles. The number of imidazole rings is 1. The molecule has 1 atom stereocenters. The monoisotopic (exact) mass is 340 g/mol. The van der Waals surface area contributed by atoms with Gasteiger partial charge in [-0.05, 0) is 12.1 Å². The van der Waals surface area contributed by atoms with Crippen LogP contribution in [-0.2, 0) is 17.1 Å². The average molecular weight is 341 g/mol. The third-order valence-electron chi connectivity index (χ3n) is 3.77. The number of sulfonamides is 1. The van der Waals surface area contributed by atoms with Crippen molar-refractivity contribution in [2.75, 3.05) is 19.6 Å². The summed E-state index contributed by atoms with van der Waals surface area (Å²) in [5, 5.41) is 3.46. The Balaban J connectivity index is 2.04. The molecule has 118 valence electrons. The predicted octanol–water partition coefficient (Wildman–Crippen LogP) is 1.41. The fourth-order valence-corrected chi connectivity index (χ4v) is 4.75. The Kier molecular flexibility index (Phi) is 4.22. The van der Waals surface area contributed by atoms with Gasteiger partial charge in [-0.1, -0.05) is 23.7 Å². The smallest absolute Gasteiger partial charge is 0.245 e. The number of hydrogen-bond donors (Lipinski definition) is 1. The Morgan fingerprint density at radius 1 is 1.36 bits per heavy atom. The second-order valence-electron chi connectivity index (χ2n) is 5.16. The first-order chi connectivity index (χ1) is 10.5. The number of aryl methyl sites for hydroxylation is 1. The van der Waals surface area contributed by atoms with Gasteiger partial charge >= 0.3 is 0 Å². The van der Waals surface area contributed by atoms with Gasteiger partial charge in [0.05, 0.1) is 11.1 Å². The number of benzene rings is 1. The number of piperazine rings is 1. The van der Waals surface area contributed by atoms with Gasteiger partial charge in [-0.15, -0.1) is 0 Å². The SMILES string of the molecule is Cn1ccnc1C1CNCCN1S(=O)(=O)c1ccccc1Cl. The summed E-state index contributed by atoms with van der Waals surface area (Å²) < 4.78 is 29.3. The molecule has 2 heterocycles. The van der Waals surface area contributed by atoms with Crippen molar-refractivity contribution < 1.29 is 8.42 Å². The highest BCUT2D eigenvalue weighted by Gasteiger charge is 2.37. The number of nitrogens with one attached hydrogen (secondary N) is 1. The van der Waals surface area contributed by atoms with E-state index in [-0.39, 0.29) is 16.0 Å². The van der Waals surface area contributed by atoms with Gasteiger partial charge in [0.1, 0.15) is 10.7 Å². The number of aromatic nitrogens is 2. The Morgan fingerprint density at radius 3 is 2.82 bits per heavy atom. The van der Waals surface area contributed by atoms with E-state index in [4.69, 9.17) is 11.6 Å². The number of halogens is 1. The van der Waals surface area contributed by atoms with Crippen molar-refractivity contribution in [2.24, 2.45) is 7.05 Å². The predicted molar refractivity (Wildman–Crippen MR) is 84.2 cm³/mol. The number of rotatable bonds is 3. The zero-order valence-electron chi connectivity index (χ0n) is 12.1. The van der Waals surface area contributed by atoms with Crippen LogP contribution in [0.5, 0.6) is 0 Å².